The van der Waals surface area contributed by atoms with E-state index in [1.165, 1.54) is 16.8 Å². The number of para-hydroxylation sites is 1. The fraction of sp³-hybridized carbons (Fsp3) is 0.316. The van der Waals surface area contributed by atoms with Gasteiger partial charge in [0.1, 0.15) is 0 Å². The molecule has 0 fully saturated rings. The summed E-state index contributed by atoms with van der Waals surface area (Å²) in [6.07, 6.45) is 1.98. The number of benzene rings is 2. The third-order valence-corrected chi connectivity index (χ3v) is 4.28. The molecule has 0 saturated carbocycles. The zero-order chi connectivity index (χ0) is 15.5. The lowest BCUT2D eigenvalue weighted by molar-refractivity contribution is -0.115. The van der Waals surface area contributed by atoms with Gasteiger partial charge in [-0.15, -0.1) is 0 Å². The molecule has 1 aliphatic heterocycles. The van der Waals surface area contributed by atoms with E-state index in [4.69, 9.17) is 0 Å². The van der Waals surface area contributed by atoms with Gasteiger partial charge in [-0.25, -0.2) is 0 Å². The van der Waals surface area contributed by atoms with Gasteiger partial charge in [-0.2, -0.15) is 0 Å². The van der Waals surface area contributed by atoms with Gasteiger partial charge in [-0.1, -0.05) is 37.3 Å². The molecular weight excluding hydrogens is 272 g/mol. The third kappa shape index (κ3) is 2.98. The highest BCUT2D eigenvalue weighted by atomic mass is 16.2. The molecule has 1 atom stereocenters. The van der Waals surface area contributed by atoms with Crippen molar-refractivity contribution in [2.24, 2.45) is 0 Å². The lowest BCUT2D eigenvalue weighted by atomic mass is 10.1. The molecule has 1 unspecified atom stereocenters. The monoisotopic (exact) mass is 294 g/mol. The number of fused-ring (bicyclic) bond motifs is 1. The number of nitrogens with one attached hydrogen (secondary N) is 1. The van der Waals surface area contributed by atoms with Crippen LogP contribution in [-0.2, 0) is 17.6 Å². The van der Waals surface area contributed by atoms with Crippen molar-refractivity contribution in [2.75, 3.05) is 16.8 Å². The van der Waals surface area contributed by atoms with Crippen LogP contribution in [0.15, 0.2) is 48.5 Å². The Kier molecular flexibility index (Phi) is 4.14. The number of hydrogen-bond donors (Lipinski definition) is 1. The maximum absolute atomic E-state index is 12.4. The standard InChI is InChI=1S/C19H22N2O/c1-3-15-7-6-9-17(12-15)20-19(22)13-21-14(2)11-16-8-4-5-10-18(16)21/h4-10,12,14H,3,11,13H2,1-2H3,(H,20,22). The summed E-state index contributed by atoms with van der Waals surface area (Å²) < 4.78 is 0. The summed E-state index contributed by atoms with van der Waals surface area (Å²) in [5.74, 6) is 0.0387. The summed E-state index contributed by atoms with van der Waals surface area (Å²) in [5, 5.41) is 3.01. The van der Waals surface area contributed by atoms with E-state index >= 15 is 0 Å². The number of anilines is 2. The summed E-state index contributed by atoms with van der Waals surface area (Å²) in [5.41, 5.74) is 4.63. The predicted molar refractivity (Wildman–Crippen MR) is 91.4 cm³/mol. The quantitative estimate of drug-likeness (QED) is 0.933. The minimum Gasteiger partial charge on any atom is -0.359 e. The van der Waals surface area contributed by atoms with Gasteiger partial charge in [-0.3, -0.25) is 4.79 Å². The van der Waals surface area contributed by atoms with E-state index in [-0.39, 0.29) is 5.91 Å². The van der Waals surface area contributed by atoms with Gasteiger partial charge < -0.3 is 10.2 Å². The first-order valence-corrected chi connectivity index (χ1v) is 7.90. The van der Waals surface area contributed by atoms with E-state index in [1.807, 2.05) is 24.3 Å². The highest BCUT2D eigenvalue weighted by Crippen LogP contribution is 2.31. The Bertz CT molecular complexity index is 681. The second-order valence-corrected chi connectivity index (χ2v) is 5.91. The van der Waals surface area contributed by atoms with Crippen LogP contribution in [0.25, 0.3) is 0 Å². The Labute approximate surface area is 132 Å². The van der Waals surface area contributed by atoms with Crippen molar-refractivity contribution in [1.82, 2.24) is 0 Å². The highest BCUT2D eigenvalue weighted by Gasteiger charge is 2.26. The van der Waals surface area contributed by atoms with E-state index in [1.54, 1.807) is 0 Å². The first-order valence-electron chi connectivity index (χ1n) is 7.90. The fourth-order valence-electron chi connectivity index (χ4n) is 3.09. The Morgan fingerprint density at radius 2 is 2.05 bits per heavy atom. The molecule has 22 heavy (non-hydrogen) atoms. The Morgan fingerprint density at radius 3 is 2.86 bits per heavy atom. The SMILES string of the molecule is CCc1cccc(NC(=O)CN2c3ccccc3CC2C)c1. The van der Waals surface area contributed by atoms with Gasteiger partial charge in [-0.05, 0) is 49.1 Å². The van der Waals surface area contributed by atoms with Crippen LogP contribution < -0.4 is 10.2 Å². The molecule has 0 aromatic heterocycles. The first-order chi connectivity index (χ1) is 10.7. The second-order valence-electron chi connectivity index (χ2n) is 5.91. The van der Waals surface area contributed by atoms with Crippen LogP contribution in [0, 0.1) is 0 Å². The van der Waals surface area contributed by atoms with Crippen LogP contribution in [0.2, 0.25) is 0 Å². The van der Waals surface area contributed by atoms with Gasteiger partial charge in [0.15, 0.2) is 0 Å². The van der Waals surface area contributed by atoms with Crippen molar-refractivity contribution in [3.63, 3.8) is 0 Å². The van der Waals surface area contributed by atoms with Crippen molar-refractivity contribution in [3.8, 4) is 0 Å². The van der Waals surface area contributed by atoms with Crippen molar-refractivity contribution in [2.45, 2.75) is 32.7 Å². The van der Waals surface area contributed by atoms with Gasteiger partial charge in [0.25, 0.3) is 0 Å². The smallest absolute Gasteiger partial charge is 0.243 e. The molecule has 3 rings (SSSR count). The molecule has 2 aromatic carbocycles. The summed E-state index contributed by atoms with van der Waals surface area (Å²) in [6.45, 7) is 4.68. The topological polar surface area (TPSA) is 32.3 Å². The third-order valence-electron chi connectivity index (χ3n) is 4.28. The molecule has 1 N–H and O–H groups in total. The Morgan fingerprint density at radius 1 is 1.23 bits per heavy atom. The predicted octanol–water partition coefficient (Wildman–Crippen LogP) is 3.64. The normalized spacial score (nSPS) is 16.5. The first kappa shape index (κ1) is 14.6. The highest BCUT2D eigenvalue weighted by molar-refractivity contribution is 5.94. The average Bonchev–Trinajstić information content (AvgIpc) is 2.83. The number of carbonyl (C=O) groups excluding carboxylic acids is 1. The lowest BCUT2D eigenvalue weighted by Crippen LogP contribution is -2.37. The number of carbonyl (C=O) groups is 1. The van der Waals surface area contributed by atoms with Crippen molar-refractivity contribution < 1.29 is 4.79 Å². The maximum Gasteiger partial charge on any atom is 0.243 e. The van der Waals surface area contributed by atoms with Crippen LogP contribution in [0.5, 0.6) is 0 Å². The van der Waals surface area contributed by atoms with Crippen LogP contribution in [0.3, 0.4) is 0 Å². The number of hydrogen-bond acceptors (Lipinski definition) is 2. The molecule has 1 amide bonds. The largest absolute Gasteiger partial charge is 0.359 e. The number of rotatable bonds is 4. The van der Waals surface area contributed by atoms with Crippen molar-refractivity contribution in [3.05, 3.63) is 59.7 Å². The van der Waals surface area contributed by atoms with Crippen LogP contribution in [-0.4, -0.2) is 18.5 Å². The van der Waals surface area contributed by atoms with E-state index in [2.05, 4.69) is 48.3 Å². The number of amides is 1. The van der Waals surface area contributed by atoms with Crippen molar-refractivity contribution in [1.29, 1.82) is 0 Å². The minimum atomic E-state index is 0.0387. The molecule has 3 heteroatoms. The summed E-state index contributed by atoms with van der Waals surface area (Å²) in [4.78, 5) is 14.6. The summed E-state index contributed by atoms with van der Waals surface area (Å²) >= 11 is 0. The molecular formula is C19H22N2O. The van der Waals surface area contributed by atoms with Crippen LogP contribution in [0.1, 0.15) is 25.0 Å². The number of nitrogens with zero attached hydrogens (tertiary/aromatic N) is 1. The number of aryl methyl sites for hydroxylation is 1. The Balaban J connectivity index is 1.69. The molecule has 3 nitrogen and oxygen atoms in total. The summed E-state index contributed by atoms with van der Waals surface area (Å²) in [7, 11) is 0. The molecule has 0 bridgehead atoms. The van der Waals surface area contributed by atoms with Gasteiger partial charge in [0.2, 0.25) is 5.91 Å². The molecule has 0 spiro atoms. The molecule has 0 aliphatic carbocycles. The molecule has 0 radical (unpaired) electrons. The van der Waals surface area contributed by atoms with E-state index in [0.717, 1.165) is 18.5 Å². The minimum absolute atomic E-state index is 0.0387. The molecule has 1 heterocycles. The van der Waals surface area contributed by atoms with Gasteiger partial charge in [0, 0.05) is 17.4 Å². The Hall–Kier alpha value is -2.29. The zero-order valence-electron chi connectivity index (χ0n) is 13.2. The van der Waals surface area contributed by atoms with Gasteiger partial charge >= 0.3 is 0 Å². The molecule has 1 aliphatic rings. The summed E-state index contributed by atoms with van der Waals surface area (Å²) in [6, 6.07) is 16.8. The van der Waals surface area contributed by atoms with Crippen LogP contribution >= 0.6 is 0 Å². The van der Waals surface area contributed by atoms with Crippen LogP contribution in [0.4, 0.5) is 11.4 Å². The van der Waals surface area contributed by atoms with E-state index in [9.17, 15) is 4.79 Å². The lowest BCUT2D eigenvalue weighted by Gasteiger charge is -2.24. The fourth-order valence-corrected chi connectivity index (χ4v) is 3.09. The second kappa shape index (κ2) is 6.22. The van der Waals surface area contributed by atoms with Gasteiger partial charge in [0.05, 0.1) is 6.54 Å². The maximum atomic E-state index is 12.4. The van der Waals surface area contributed by atoms with E-state index in [0.29, 0.717) is 12.6 Å². The zero-order valence-corrected chi connectivity index (χ0v) is 13.2. The molecule has 0 saturated heterocycles. The van der Waals surface area contributed by atoms with Crippen molar-refractivity contribution >= 4 is 17.3 Å². The molecule has 2 aromatic rings. The average molecular weight is 294 g/mol. The molecule has 114 valence electrons. The van der Waals surface area contributed by atoms with E-state index < -0.39 is 0 Å².